The maximum Gasteiger partial charge on any atom is 0.339 e. The lowest BCUT2D eigenvalue weighted by Gasteiger charge is -2.06. The van der Waals surface area contributed by atoms with Crippen LogP contribution < -0.4 is 10.4 Å². The zero-order valence-corrected chi connectivity index (χ0v) is 8.22. The van der Waals surface area contributed by atoms with Crippen molar-refractivity contribution in [1.29, 1.82) is 0 Å². The second kappa shape index (κ2) is 4.12. The Labute approximate surface area is 77.3 Å². The molecule has 0 amide bonds. The molecule has 3 nitrogen and oxygen atoms in total. The summed E-state index contributed by atoms with van der Waals surface area (Å²) in [5.74, 6) is 1.34. The highest BCUT2D eigenvalue weighted by Gasteiger charge is 2.07. The standard InChI is InChI=1S/C10H14O3/c1-4-5-8-7(2)9(12-3)6-10(11)13-8/h6H,4-5H2,1-3H3. The van der Waals surface area contributed by atoms with E-state index in [1.165, 1.54) is 6.07 Å². The van der Waals surface area contributed by atoms with E-state index in [1.807, 2.05) is 13.8 Å². The molecule has 0 N–H and O–H groups in total. The van der Waals surface area contributed by atoms with Gasteiger partial charge in [0.1, 0.15) is 11.5 Å². The fourth-order valence-corrected chi connectivity index (χ4v) is 1.26. The molecular weight excluding hydrogens is 168 g/mol. The molecule has 0 aliphatic heterocycles. The Kier molecular flexibility index (Phi) is 3.12. The fourth-order valence-electron chi connectivity index (χ4n) is 1.26. The van der Waals surface area contributed by atoms with Crippen LogP contribution in [0.4, 0.5) is 0 Å². The zero-order chi connectivity index (χ0) is 9.84. The lowest BCUT2D eigenvalue weighted by Crippen LogP contribution is -2.04. The van der Waals surface area contributed by atoms with Gasteiger partial charge in [0.2, 0.25) is 0 Å². The third-order valence-corrected chi connectivity index (χ3v) is 1.96. The van der Waals surface area contributed by atoms with E-state index in [0.29, 0.717) is 5.75 Å². The first kappa shape index (κ1) is 9.84. The van der Waals surface area contributed by atoms with Crippen LogP contribution in [0.3, 0.4) is 0 Å². The number of rotatable bonds is 3. The smallest absolute Gasteiger partial charge is 0.339 e. The predicted octanol–water partition coefficient (Wildman–Crippen LogP) is 1.91. The second-order valence-electron chi connectivity index (χ2n) is 2.93. The number of hydrogen-bond acceptors (Lipinski definition) is 3. The van der Waals surface area contributed by atoms with Crippen molar-refractivity contribution in [1.82, 2.24) is 0 Å². The SMILES string of the molecule is CCCc1oc(=O)cc(OC)c1C. The molecule has 1 heterocycles. The van der Waals surface area contributed by atoms with E-state index in [9.17, 15) is 4.79 Å². The van der Waals surface area contributed by atoms with Crippen molar-refractivity contribution in [3.8, 4) is 5.75 Å². The Morgan fingerprint density at radius 1 is 1.54 bits per heavy atom. The van der Waals surface area contributed by atoms with Gasteiger partial charge in [-0.25, -0.2) is 4.79 Å². The number of methoxy groups -OCH3 is 1. The van der Waals surface area contributed by atoms with Crippen LogP contribution in [-0.2, 0) is 6.42 Å². The third kappa shape index (κ3) is 2.11. The van der Waals surface area contributed by atoms with E-state index in [-0.39, 0.29) is 5.63 Å². The lowest BCUT2D eigenvalue weighted by atomic mass is 10.1. The Morgan fingerprint density at radius 3 is 2.77 bits per heavy atom. The lowest BCUT2D eigenvalue weighted by molar-refractivity contribution is 0.386. The molecule has 0 aliphatic carbocycles. The van der Waals surface area contributed by atoms with E-state index in [2.05, 4.69) is 0 Å². The van der Waals surface area contributed by atoms with Crippen LogP contribution in [0.1, 0.15) is 24.7 Å². The summed E-state index contributed by atoms with van der Waals surface area (Å²) in [4.78, 5) is 11.1. The molecule has 0 saturated carbocycles. The summed E-state index contributed by atoms with van der Waals surface area (Å²) in [6.45, 7) is 3.94. The van der Waals surface area contributed by atoms with Crippen LogP contribution in [0, 0.1) is 6.92 Å². The molecule has 0 fully saturated rings. The summed E-state index contributed by atoms with van der Waals surface area (Å²) in [6.07, 6.45) is 1.73. The van der Waals surface area contributed by atoms with Crippen molar-refractivity contribution in [3.63, 3.8) is 0 Å². The predicted molar refractivity (Wildman–Crippen MR) is 50.3 cm³/mol. The molecule has 1 aromatic rings. The van der Waals surface area contributed by atoms with Crippen molar-refractivity contribution in [2.45, 2.75) is 26.7 Å². The first-order valence-electron chi connectivity index (χ1n) is 4.36. The van der Waals surface area contributed by atoms with E-state index < -0.39 is 0 Å². The van der Waals surface area contributed by atoms with Gasteiger partial charge in [-0.05, 0) is 13.3 Å². The van der Waals surface area contributed by atoms with Gasteiger partial charge in [-0.15, -0.1) is 0 Å². The average molecular weight is 182 g/mol. The largest absolute Gasteiger partial charge is 0.496 e. The van der Waals surface area contributed by atoms with Gasteiger partial charge in [-0.2, -0.15) is 0 Å². The molecule has 1 aromatic heterocycles. The maximum atomic E-state index is 11.1. The molecule has 72 valence electrons. The molecule has 0 bridgehead atoms. The van der Waals surface area contributed by atoms with Crippen molar-refractivity contribution in [2.75, 3.05) is 7.11 Å². The number of aryl methyl sites for hydroxylation is 1. The molecule has 1 rings (SSSR count). The molecule has 0 unspecified atom stereocenters. The molecule has 0 radical (unpaired) electrons. The van der Waals surface area contributed by atoms with E-state index >= 15 is 0 Å². The van der Waals surface area contributed by atoms with E-state index in [1.54, 1.807) is 7.11 Å². The van der Waals surface area contributed by atoms with Crippen LogP contribution in [0.25, 0.3) is 0 Å². The van der Waals surface area contributed by atoms with E-state index in [0.717, 1.165) is 24.2 Å². The molecule has 13 heavy (non-hydrogen) atoms. The van der Waals surface area contributed by atoms with Gasteiger partial charge in [-0.3, -0.25) is 0 Å². The second-order valence-corrected chi connectivity index (χ2v) is 2.93. The minimum absolute atomic E-state index is 0.342. The highest BCUT2D eigenvalue weighted by molar-refractivity contribution is 5.32. The molecule has 0 saturated heterocycles. The molecule has 3 heteroatoms. The Bertz CT molecular complexity index is 339. The summed E-state index contributed by atoms with van der Waals surface area (Å²) in [5, 5.41) is 0. The van der Waals surface area contributed by atoms with Gasteiger partial charge in [-0.1, -0.05) is 6.92 Å². The topological polar surface area (TPSA) is 39.4 Å². The number of ether oxygens (including phenoxy) is 1. The highest BCUT2D eigenvalue weighted by atomic mass is 16.5. The summed E-state index contributed by atoms with van der Waals surface area (Å²) < 4.78 is 10.1. The van der Waals surface area contributed by atoms with Crippen LogP contribution in [0.2, 0.25) is 0 Å². The van der Waals surface area contributed by atoms with Gasteiger partial charge in [0, 0.05) is 12.0 Å². The Morgan fingerprint density at radius 2 is 2.23 bits per heavy atom. The minimum Gasteiger partial charge on any atom is -0.496 e. The summed E-state index contributed by atoms with van der Waals surface area (Å²) in [6, 6.07) is 1.37. The van der Waals surface area contributed by atoms with Gasteiger partial charge in [0.05, 0.1) is 13.2 Å². The van der Waals surface area contributed by atoms with Gasteiger partial charge >= 0.3 is 5.63 Å². The first-order chi connectivity index (χ1) is 6.19. The van der Waals surface area contributed by atoms with Crippen molar-refractivity contribution >= 4 is 0 Å². The quantitative estimate of drug-likeness (QED) is 0.716. The monoisotopic (exact) mass is 182 g/mol. The fraction of sp³-hybridized carbons (Fsp3) is 0.500. The van der Waals surface area contributed by atoms with Gasteiger partial charge in [0.15, 0.2) is 0 Å². The van der Waals surface area contributed by atoms with Gasteiger partial charge < -0.3 is 9.15 Å². The number of hydrogen-bond donors (Lipinski definition) is 0. The van der Waals surface area contributed by atoms with Crippen LogP contribution in [-0.4, -0.2) is 7.11 Å². The first-order valence-corrected chi connectivity index (χ1v) is 4.36. The van der Waals surface area contributed by atoms with Gasteiger partial charge in [0.25, 0.3) is 0 Å². The zero-order valence-electron chi connectivity index (χ0n) is 8.22. The summed E-state index contributed by atoms with van der Waals surface area (Å²) in [7, 11) is 1.55. The van der Waals surface area contributed by atoms with Crippen LogP contribution in [0.5, 0.6) is 5.75 Å². The average Bonchev–Trinajstić information content (AvgIpc) is 2.11. The molecule has 0 atom stereocenters. The normalized spacial score (nSPS) is 10.1. The third-order valence-electron chi connectivity index (χ3n) is 1.96. The van der Waals surface area contributed by atoms with Crippen molar-refractivity contribution < 1.29 is 9.15 Å². The van der Waals surface area contributed by atoms with Crippen LogP contribution in [0.15, 0.2) is 15.3 Å². The molecule has 0 aromatic carbocycles. The van der Waals surface area contributed by atoms with Crippen molar-refractivity contribution in [2.24, 2.45) is 0 Å². The molecule has 0 spiro atoms. The molecular formula is C10H14O3. The molecule has 0 aliphatic rings. The van der Waals surface area contributed by atoms with Crippen molar-refractivity contribution in [3.05, 3.63) is 27.8 Å². The highest BCUT2D eigenvalue weighted by Crippen LogP contribution is 2.19. The minimum atomic E-state index is -0.342. The Balaban J connectivity index is 3.19. The summed E-state index contributed by atoms with van der Waals surface area (Å²) >= 11 is 0. The van der Waals surface area contributed by atoms with E-state index in [4.69, 9.17) is 9.15 Å². The Hall–Kier alpha value is -1.25. The van der Waals surface area contributed by atoms with Crippen LogP contribution >= 0.6 is 0 Å². The maximum absolute atomic E-state index is 11.1. The summed E-state index contributed by atoms with van der Waals surface area (Å²) in [5.41, 5.74) is 0.579.